The van der Waals surface area contributed by atoms with E-state index in [9.17, 15) is 4.79 Å². The lowest BCUT2D eigenvalue weighted by Gasteiger charge is -1.99. The number of alkyl halides is 1. The minimum atomic E-state index is -0.271. The first-order valence-corrected chi connectivity index (χ1v) is 3.53. The lowest BCUT2D eigenvalue weighted by Crippen LogP contribution is -2.22. The molecule has 0 heterocycles. The summed E-state index contributed by atoms with van der Waals surface area (Å²) in [6.07, 6.45) is 1.81. The van der Waals surface area contributed by atoms with Gasteiger partial charge in [0, 0.05) is 0 Å². The van der Waals surface area contributed by atoms with Gasteiger partial charge < -0.3 is 5.73 Å². The molecular weight excluding hydrogens is 170 g/mol. The molecule has 48 valence electrons. The van der Waals surface area contributed by atoms with Crippen molar-refractivity contribution in [2.75, 3.05) is 0 Å². The quantitative estimate of drug-likeness (QED) is 0.647. The van der Waals surface area contributed by atoms with Crippen LogP contribution in [0.2, 0.25) is 0 Å². The van der Waals surface area contributed by atoms with Crippen LogP contribution in [0.5, 0.6) is 0 Å². The van der Waals surface area contributed by atoms with Crippen molar-refractivity contribution >= 4 is 21.8 Å². The summed E-state index contributed by atoms with van der Waals surface area (Å²) in [6.45, 7) is 2.01. The molecule has 0 radical (unpaired) electrons. The fraction of sp³-hybridized carbons (Fsp3) is 0.800. The predicted octanol–water partition coefficient (Wildman–Crippen LogP) is 1.04. The summed E-state index contributed by atoms with van der Waals surface area (Å²) in [4.78, 5) is 10.1. The molecule has 0 saturated carbocycles. The van der Waals surface area contributed by atoms with Crippen molar-refractivity contribution in [2.45, 2.75) is 24.6 Å². The molecule has 1 atom stereocenters. The van der Waals surface area contributed by atoms with Crippen molar-refractivity contribution in [3.05, 3.63) is 0 Å². The molecule has 0 saturated heterocycles. The molecule has 0 rings (SSSR count). The van der Waals surface area contributed by atoms with E-state index in [0.717, 1.165) is 12.8 Å². The van der Waals surface area contributed by atoms with Gasteiger partial charge in [0.05, 0.1) is 4.83 Å². The Labute approximate surface area is 57.6 Å². The second-order valence-corrected chi connectivity index (χ2v) is 2.76. The number of carbonyl (C=O) groups is 1. The molecule has 2 N–H and O–H groups in total. The van der Waals surface area contributed by atoms with E-state index in [2.05, 4.69) is 15.9 Å². The molecule has 0 aromatic heterocycles. The molecule has 3 heteroatoms. The number of halogens is 1. The Morgan fingerprint density at radius 1 is 1.88 bits per heavy atom. The lowest BCUT2D eigenvalue weighted by molar-refractivity contribution is -0.117. The third kappa shape index (κ3) is 3.02. The zero-order valence-corrected chi connectivity index (χ0v) is 6.44. The van der Waals surface area contributed by atoms with E-state index in [1.807, 2.05) is 6.92 Å². The fourth-order valence-electron chi connectivity index (χ4n) is 0.396. The van der Waals surface area contributed by atoms with Gasteiger partial charge in [0.2, 0.25) is 5.91 Å². The number of hydrogen-bond donors (Lipinski definition) is 1. The van der Waals surface area contributed by atoms with E-state index in [0.29, 0.717) is 0 Å². The highest BCUT2D eigenvalue weighted by Crippen LogP contribution is 2.05. The van der Waals surface area contributed by atoms with Gasteiger partial charge in [-0.05, 0) is 6.42 Å². The Morgan fingerprint density at radius 2 is 2.38 bits per heavy atom. The fourth-order valence-corrected chi connectivity index (χ4v) is 0.854. The van der Waals surface area contributed by atoms with E-state index in [4.69, 9.17) is 5.73 Å². The molecule has 1 amide bonds. The summed E-state index contributed by atoms with van der Waals surface area (Å²) < 4.78 is 0. The molecule has 0 fully saturated rings. The first-order chi connectivity index (χ1) is 3.68. The van der Waals surface area contributed by atoms with Crippen LogP contribution < -0.4 is 5.73 Å². The molecule has 0 aromatic rings. The Morgan fingerprint density at radius 3 is 2.50 bits per heavy atom. The van der Waals surface area contributed by atoms with E-state index >= 15 is 0 Å². The highest BCUT2D eigenvalue weighted by atomic mass is 79.9. The van der Waals surface area contributed by atoms with Crippen molar-refractivity contribution in [1.29, 1.82) is 0 Å². The number of amides is 1. The minimum absolute atomic E-state index is 0.132. The molecule has 2 nitrogen and oxygen atoms in total. The van der Waals surface area contributed by atoms with E-state index < -0.39 is 0 Å². The normalized spacial score (nSPS) is 13.2. The average molecular weight is 180 g/mol. The van der Waals surface area contributed by atoms with Crippen LogP contribution in [-0.2, 0) is 4.79 Å². The van der Waals surface area contributed by atoms with Gasteiger partial charge in [-0.1, -0.05) is 29.3 Å². The predicted molar refractivity (Wildman–Crippen MR) is 36.8 cm³/mol. The van der Waals surface area contributed by atoms with Gasteiger partial charge in [-0.25, -0.2) is 0 Å². The number of carbonyl (C=O) groups excluding carboxylic acids is 1. The molecule has 0 unspecified atom stereocenters. The smallest absolute Gasteiger partial charge is 0.231 e. The van der Waals surface area contributed by atoms with Gasteiger partial charge in [-0.15, -0.1) is 0 Å². The maximum atomic E-state index is 10.3. The Kier molecular flexibility index (Phi) is 3.87. The standard InChI is InChI=1S/C5H10BrNO/c1-2-3-4(6)5(7)8/h4H,2-3H2,1H3,(H2,7,8)/t4-/m1/s1. The molecule has 0 spiro atoms. The molecule has 0 aromatic carbocycles. The Hall–Kier alpha value is -0.0500. The third-order valence-electron chi connectivity index (χ3n) is 0.851. The van der Waals surface area contributed by atoms with Crippen molar-refractivity contribution in [2.24, 2.45) is 5.73 Å². The maximum Gasteiger partial charge on any atom is 0.231 e. The summed E-state index contributed by atoms with van der Waals surface area (Å²) in [6, 6.07) is 0. The van der Waals surface area contributed by atoms with Crippen molar-refractivity contribution < 1.29 is 4.79 Å². The lowest BCUT2D eigenvalue weighted by atomic mass is 10.2. The second-order valence-electron chi connectivity index (χ2n) is 1.66. The van der Waals surface area contributed by atoms with Crippen molar-refractivity contribution in [3.63, 3.8) is 0 Å². The van der Waals surface area contributed by atoms with Gasteiger partial charge in [-0.2, -0.15) is 0 Å². The maximum absolute atomic E-state index is 10.3. The molecule has 0 aliphatic rings. The number of rotatable bonds is 3. The summed E-state index contributed by atoms with van der Waals surface area (Å²) in [7, 11) is 0. The van der Waals surface area contributed by atoms with Gasteiger partial charge >= 0.3 is 0 Å². The van der Waals surface area contributed by atoms with Gasteiger partial charge in [0.15, 0.2) is 0 Å². The van der Waals surface area contributed by atoms with E-state index in [1.165, 1.54) is 0 Å². The van der Waals surface area contributed by atoms with Gasteiger partial charge in [0.25, 0.3) is 0 Å². The van der Waals surface area contributed by atoms with Gasteiger partial charge in [-0.3, -0.25) is 4.79 Å². The summed E-state index contributed by atoms with van der Waals surface area (Å²) >= 11 is 3.13. The largest absolute Gasteiger partial charge is 0.369 e. The number of hydrogen-bond acceptors (Lipinski definition) is 1. The SMILES string of the molecule is CCC[C@@H](Br)C(N)=O. The molecule has 0 aliphatic heterocycles. The van der Waals surface area contributed by atoms with Crippen LogP contribution in [0.15, 0.2) is 0 Å². The first-order valence-electron chi connectivity index (χ1n) is 2.62. The Balaban J connectivity index is 3.32. The second kappa shape index (κ2) is 3.89. The van der Waals surface area contributed by atoms with E-state index in [-0.39, 0.29) is 10.7 Å². The number of nitrogens with two attached hydrogens (primary N) is 1. The highest BCUT2D eigenvalue weighted by Gasteiger charge is 2.07. The molecular formula is C5H10BrNO. The van der Waals surface area contributed by atoms with Crippen LogP contribution in [0.25, 0.3) is 0 Å². The minimum Gasteiger partial charge on any atom is -0.369 e. The molecule has 0 aliphatic carbocycles. The molecule has 0 bridgehead atoms. The molecule has 8 heavy (non-hydrogen) atoms. The highest BCUT2D eigenvalue weighted by molar-refractivity contribution is 9.10. The monoisotopic (exact) mass is 179 g/mol. The van der Waals surface area contributed by atoms with Crippen LogP contribution in [0, 0.1) is 0 Å². The summed E-state index contributed by atoms with van der Waals surface area (Å²) in [5.74, 6) is -0.271. The first kappa shape index (κ1) is 7.95. The average Bonchev–Trinajstić information content (AvgIpc) is 1.67. The van der Waals surface area contributed by atoms with Crippen molar-refractivity contribution in [1.82, 2.24) is 0 Å². The summed E-state index contributed by atoms with van der Waals surface area (Å²) in [5, 5.41) is 0. The van der Waals surface area contributed by atoms with Gasteiger partial charge in [0.1, 0.15) is 0 Å². The zero-order valence-electron chi connectivity index (χ0n) is 4.86. The topological polar surface area (TPSA) is 43.1 Å². The van der Waals surface area contributed by atoms with Crippen LogP contribution >= 0.6 is 15.9 Å². The third-order valence-corrected chi connectivity index (χ3v) is 1.76. The Bertz CT molecular complexity index is 84.5. The van der Waals surface area contributed by atoms with Crippen LogP contribution in [0.1, 0.15) is 19.8 Å². The summed E-state index contributed by atoms with van der Waals surface area (Å²) in [5.41, 5.74) is 4.94. The van der Waals surface area contributed by atoms with Crippen LogP contribution in [-0.4, -0.2) is 10.7 Å². The van der Waals surface area contributed by atoms with Crippen molar-refractivity contribution in [3.8, 4) is 0 Å². The van der Waals surface area contributed by atoms with E-state index in [1.54, 1.807) is 0 Å². The van der Waals surface area contributed by atoms with Crippen LogP contribution in [0.4, 0.5) is 0 Å². The zero-order chi connectivity index (χ0) is 6.57. The number of primary amides is 1. The van der Waals surface area contributed by atoms with Crippen LogP contribution in [0.3, 0.4) is 0 Å².